The van der Waals surface area contributed by atoms with Crippen molar-refractivity contribution in [1.29, 1.82) is 0 Å². The number of amides is 1. The number of nitrogens with two attached hydrogens (primary N) is 1. The van der Waals surface area contributed by atoms with E-state index in [1.54, 1.807) is 18.2 Å². The van der Waals surface area contributed by atoms with Gasteiger partial charge in [0.05, 0.1) is 0 Å². The molecule has 0 fully saturated rings. The fraction of sp³-hybridized carbons (Fsp3) is 0. The van der Waals surface area contributed by atoms with Crippen LogP contribution in [0.4, 0.5) is 0 Å². The second kappa shape index (κ2) is 2.34. The zero-order valence-corrected chi connectivity index (χ0v) is 6.07. The molecule has 1 heterocycles. The van der Waals surface area contributed by atoms with E-state index in [0.29, 0.717) is 16.7 Å². The van der Waals surface area contributed by atoms with Crippen molar-refractivity contribution in [2.75, 3.05) is 0 Å². The molecule has 4 heteroatoms. The Balaban J connectivity index is 2.68. The Morgan fingerprint density at radius 1 is 1.58 bits per heavy atom. The van der Waals surface area contributed by atoms with E-state index in [2.05, 4.69) is 11.4 Å². The van der Waals surface area contributed by atoms with Crippen LogP contribution in [0.15, 0.2) is 22.6 Å². The van der Waals surface area contributed by atoms with Crippen molar-refractivity contribution >= 4 is 17.0 Å². The van der Waals surface area contributed by atoms with Crippen molar-refractivity contribution in [2.24, 2.45) is 5.73 Å². The summed E-state index contributed by atoms with van der Waals surface area (Å²) in [4.78, 5) is 14.5. The minimum absolute atomic E-state index is 0.421. The normalized spacial score (nSPS) is 10.3. The van der Waals surface area contributed by atoms with E-state index in [-0.39, 0.29) is 0 Å². The van der Waals surface area contributed by atoms with Crippen molar-refractivity contribution in [1.82, 2.24) is 4.98 Å². The van der Waals surface area contributed by atoms with Gasteiger partial charge in [0.15, 0.2) is 5.58 Å². The summed E-state index contributed by atoms with van der Waals surface area (Å²) in [5.74, 6) is -0.472. The van der Waals surface area contributed by atoms with Crippen LogP contribution in [-0.2, 0) is 0 Å². The van der Waals surface area contributed by atoms with Gasteiger partial charge in [-0.05, 0) is 18.2 Å². The van der Waals surface area contributed by atoms with Gasteiger partial charge in [0, 0.05) is 5.56 Å². The lowest BCUT2D eigenvalue weighted by molar-refractivity contribution is 0.100. The highest BCUT2D eigenvalue weighted by Gasteiger charge is 2.03. The first kappa shape index (κ1) is 6.84. The number of nitrogens with zero attached hydrogens (tertiary/aromatic N) is 1. The van der Waals surface area contributed by atoms with E-state index in [1.165, 1.54) is 0 Å². The predicted molar refractivity (Wildman–Crippen MR) is 41.4 cm³/mol. The van der Waals surface area contributed by atoms with E-state index in [1.807, 2.05) is 0 Å². The molecule has 12 heavy (non-hydrogen) atoms. The molecule has 0 atom stereocenters. The maximum atomic E-state index is 10.7. The Morgan fingerprint density at radius 2 is 2.42 bits per heavy atom. The van der Waals surface area contributed by atoms with Gasteiger partial charge >= 0.3 is 0 Å². The number of hydrogen-bond acceptors (Lipinski definition) is 3. The second-order valence-corrected chi connectivity index (χ2v) is 2.35. The number of benzene rings is 1. The van der Waals surface area contributed by atoms with Gasteiger partial charge in [0.25, 0.3) is 6.39 Å². The molecular weight excluding hydrogens is 156 g/mol. The van der Waals surface area contributed by atoms with Gasteiger partial charge in [-0.15, -0.1) is 0 Å². The van der Waals surface area contributed by atoms with E-state index in [0.717, 1.165) is 0 Å². The molecule has 2 aromatic rings. The Morgan fingerprint density at radius 3 is 3.17 bits per heavy atom. The van der Waals surface area contributed by atoms with Gasteiger partial charge in [-0.2, -0.15) is 0 Å². The quantitative estimate of drug-likeness (QED) is 0.670. The lowest BCUT2D eigenvalue weighted by Crippen LogP contribution is -2.10. The molecule has 1 aromatic carbocycles. The molecule has 0 saturated heterocycles. The summed E-state index contributed by atoms with van der Waals surface area (Å²) in [6, 6.07) is 4.79. The van der Waals surface area contributed by atoms with Crippen LogP contribution in [0.2, 0.25) is 0 Å². The molecule has 0 aliphatic carbocycles. The predicted octanol–water partition coefficient (Wildman–Crippen LogP) is 0.727. The standard InChI is InChI=1S/C8H5N2O2/c9-8(11)5-1-2-7-6(3-5)10-4-12-7/h1-3H,(H2,9,11). The first-order valence-electron chi connectivity index (χ1n) is 3.34. The average molecular weight is 161 g/mol. The summed E-state index contributed by atoms with van der Waals surface area (Å²) >= 11 is 0. The highest BCUT2D eigenvalue weighted by Crippen LogP contribution is 2.12. The zero-order chi connectivity index (χ0) is 8.55. The van der Waals surface area contributed by atoms with Crippen LogP contribution in [-0.4, -0.2) is 10.9 Å². The zero-order valence-electron chi connectivity index (χ0n) is 6.07. The Bertz CT molecular complexity index is 433. The molecule has 1 amide bonds. The van der Waals surface area contributed by atoms with Gasteiger partial charge in [-0.25, -0.2) is 4.98 Å². The fourth-order valence-electron chi connectivity index (χ4n) is 0.965. The number of rotatable bonds is 1. The lowest BCUT2D eigenvalue weighted by atomic mass is 10.2. The highest BCUT2D eigenvalue weighted by atomic mass is 16.3. The Hall–Kier alpha value is -1.84. The van der Waals surface area contributed by atoms with Gasteiger partial charge < -0.3 is 10.2 Å². The third-order valence-electron chi connectivity index (χ3n) is 1.57. The smallest absolute Gasteiger partial charge is 0.284 e. The number of aromatic nitrogens is 1. The van der Waals surface area contributed by atoms with Crippen LogP contribution >= 0.6 is 0 Å². The number of fused-ring (bicyclic) bond motifs is 1. The summed E-state index contributed by atoms with van der Waals surface area (Å²) in [7, 11) is 0. The molecule has 1 radical (unpaired) electrons. The average Bonchev–Trinajstić information content (AvgIpc) is 2.49. The Labute approximate surface area is 68.0 Å². The van der Waals surface area contributed by atoms with Crippen LogP contribution < -0.4 is 5.73 Å². The summed E-state index contributed by atoms with van der Waals surface area (Å²) in [5, 5.41) is 0. The largest absolute Gasteiger partial charge is 0.432 e. The van der Waals surface area contributed by atoms with Gasteiger partial charge in [-0.3, -0.25) is 4.79 Å². The molecule has 0 spiro atoms. The fourth-order valence-corrected chi connectivity index (χ4v) is 0.965. The minimum atomic E-state index is -0.472. The van der Waals surface area contributed by atoms with Gasteiger partial charge in [-0.1, -0.05) is 0 Å². The highest BCUT2D eigenvalue weighted by molar-refractivity contribution is 5.95. The van der Waals surface area contributed by atoms with Crippen molar-refractivity contribution in [3.05, 3.63) is 30.2 Å². The van der Waals surface area contributed by atoms with Crippen molar-refractivity contribution < 1.29 is 9.21 Å². The Kier molecular flexibility index (Phi) is 1.33. The SMILES string of the molecule is NC(=O)c1ccc2o[c]nc2c1. The summed E-state index contributed by atoms with van der Waals surface area (Å²) in [6.45, 7) is 0. The minimum Gasteiger partial charge on any atom is -0.432 e. The van der Waals surface area contributed by atoms with Gasteiger partial charge in [0.2, 0.25) is 5.91 Å². The molecule has 2 rings (SSSR count). The third kappa shape index (κ3) is 0.934. The lowest BCUT2D eigenvalue weighted by Gasteiger charge is -1.92. The summed E-state index contributed by atoms with van der Waals surface area (Å²) in [5.41, 5.74) is 6.67. The molecule has 0 unspecified atom stereocenters. The van der Waals surface area contributed by atoms with E-state index in [4.69, 9.17) is 10.2 Å². The second-order valence-electron chi connectivity index (χ2n) is 2.35. The number of hydrogen-bond donors (Lipinski definition) is 1. The summed E-state index contributed by atoms with van der Waals surface area (Å²) < 4.78 is 4.86. The van der Waals surface area contributed by atoms with Crippen LogP contribution in [0.5, 0.6) is 0 Å². The first-order valence-corrected chi connectivity index (χ1v) is 3.34. The van der Waals surface area contributed by atoms with E-state index in [9.17, 15) is 4.79 Å². The monoisotopic (exact) mass is 161 g/mol. The van der Waals surface area contributed by atoms with Crippen molar-refractivity contribution in [2.45, 2.75) is 0 Å². The maximum absolute atomic E-state index is 10.7. The first-order chi connectivity index (χ1) is 5.77. The molecule has 1 aromatic heterocycles. The van der Waals surface area contributed by atoms with E-state index < -0.39 is 5.91 Å². The van der Waals surface area contributed by atoms with Crippen LogP contribution in [0.1, 0.15) is 10.4 Å². The van der Waals surface area contributed by atoms with Crippen molar-refractivity contribution in [3.8, 4) is 0 Å². The summed E-state index contributed by atoms with van der Waals surface area (Å²) in [6.07, 6.45) is 2.33. The van der Waals surface area contributed by atoms with Crippen LogP contribution in [0, 0.1) is 6.39 Å². The number of oxazole rings is 1. The molecule has 0 aliphatic rings. The van der Waals surface area contributed by atoms with Crippen LogP contribution in [0.25, 0.3) is 11.1 Å². The third-order valence-corrected chi connectivity index (χ3v) is 1.57. The number of carbonyl (C=O) groups is 1. The molecule has 2 N–H and O–H groups in total. The molecule has 0 saturated carbocycles. The molecular formula is C8H5N2O2. The molecule has 0 bridgehead atoms. The topological polar surface area (TPSA) is 69.1 Å². The van der Waals surface area contributed by atoms with Crippen molar-refractivity contribution in [3.63, 3.8) is 0 Å². The number of primary amides is 1. The molecule has 4 nitrogen and oxygen atoms in total. The molecule has 59 valence electrons. The molecule has 0 aliphatic heterocycles. The van der Waals surface area contributed by atoms with Gasteiger partial charge in [0.1, 0.15) is 5.52 Å². The van der Waals surface area contributed by atoms with E-state index >= 15 is 0 Å². The number of carbonyl (C=O) groups excluding carboxylic acids is 1. The maximum Gasteiger partial charge on any atom is 0.284 e. The van der Waals surface area contributed by atoms with Crippen LogP contribution in [0.3, 0.4) is 0 Å².